The van der Waals surface area contributed by atoms with Crippen LogP contribution in [0.15, 0.2) is 35.5 Å². The molecule has 0 heterocycles. The van der Waals surface area contributed by atoms with Crippen LogP contribution in [0.3, 0.4) is 0 Å². The van der Waals surface area contributed by atoms with Crippen molar-refractivity contribution in [3.8, 4) is 0 Å². The highest BCUT2D eigenvalue weighted by atomic mass is 28.4. The maximum atomic E-state index is 7.61. The molecule has 2 atom stereocenters. The van der Waals surface area contributed by atoms with Gasteiger partial charge in [0.25, 0.3) is 0 Å². The summed E-state index contributed by atoms with van der Waals surface area (Å²) in [5.41, 5.74) is 2.87. The topological polar surface area (TPSA) is 18.5 Å². The second-order valence-corrected chi connectivity index (χ2v) is 28.9. The van der Waals surface area contributed by atoms with Crippen LogP contribution in [0.5, 0.6) is 0 Å². The SMILES string of the molecule is CC(C)[Si](O[C@H](/C(=C/c1ccccc1)[Si](C)(C)C)[C@H](C)O[Si](C)(C)C(C)(C)C)(C(C)C)C(C)C. The van der Waals surface area contributed by atoms with E-state index < -0.39 is 24.7 Å². The lowest BCUT2D eigenvalue weighted by atomic mass is 10.1. The standard InChI is InChI=1S/C29H56O2Si3/c1-22(2)34(23(3)4,24(5)6)31-28(25(7)30-33(14,15)29(8,9)10)27(32(11,12)13)21-26-19-17-16-18-20-26/h16-25,28H,1-15H3/b27-21-/t25-,28-/m0/s1. The van der Waals surface area contributed by atoms with E-state index in [9.17, 15) is 0 Å². The minimum absolute atomic E-state index is 0.0140. The molecule has 0 aromatic heterocycles. The van der Waals surface area contributed by atoms with Crippen LogP contribution in [0, 0.1) is 0 Å². The molecule has 0 bridgehead atoms. The van der Waals surface area contributed by atoms with Crippen molar-refractivity contribution in [3.05, 3.63) is 41.1 Å². The summed E-state index contributed by atoms with van der Waals surface area (Å²) in [7, 11) is -5.80. The molecular formula is C29H56O2Si3. The normalized spacial score (nSPS) is 16.5. The van der Waals surface area contributed by atoms with Crippen LogP contribution < -0.4 is 0 Å². The third-order valence-electron chi connectivity index (χ3n) is 8.05. The monoisotopic (exact) mass is 520 g/mol. The molecule has 5 heteroatoms. The average Bonchev–Trinajstić information content (AvgIpc) is 2.65. The first kappa shape index (κ1) is 31.6. The largest absolute Gasteiger partial charge is 0.411 e. The van der Waals surface area contributed by atoms with E-state index in [0.717, 1.165) is 0 Å². The van der Waals surface area contributed by atoms with E-state index in [1.54, 1.807) is 0 Å². The zero-order valence-electron chi connectivity index (χ0n) is 25.2. The van der Waals surface area contributed by atoms with Crippen molar-refractivity contribution in [1.82, 2.24) is 0 Å². The average molecular weight is 521 g/mol. The van der Waals surface area contributed by atoms with E-state index in [4.69, 9.17) is 8.85 Å². The fourth-order valence-corrected chi connectivity index (χ4v) is 14.0. The van der Waals surface area contributed by atoms with Gasteiger partial charge in [-0.15, -0.1) is 0 Å². The van der Waals surface area contributed by atoms with Crippen molar-refractivity contribution in [2.75, 3.05) is 0 Å². The van der Waals surface area contributed by atoms with Crippen LogP contribution in [0.4, 0.5) is 0 Å². The van der Waals surface area contributed by atoms with Crippen LogP contribution in [0.1, 0.15) is 74.8 Å². The molecule has 2 nitrogen and oxygen atoms in total. The van der Waals surface area contributed by atoms with E-state index in [2.05, 4.69) is 138 Å². The Morgan fingerprint density at radius 2 is 1.18 bits per heavy atom. The maximum Gasteiger partial charge on any atom is 0.201 e. The fourth-order valence-electron chi connectivity index (χ4n) is 5.20. The predicted octanol–water partition coefficient (Wildman–Crippen LogP) is 9.92. The van der Waals surface area contributed by atoms with Gasteiger partial charge in [-0.1, -0.05) is 124 Å². The molecular weight excluding hydrogens is 465 g/mol. The van der Waals surface area contributed by atoms with Gasteiger partial charge in [0.15, 0.2) is 8.32 Å². The Labute approximate surface area is 216 Å². The lowest BCUT2D eigenvalue weighted by molar-refractivity contribution is 0.0699. The van der Waals surface area contributed by atoms with Gasteiger partial charge in [-0.25, -0.2) is 0 Å². The zero-order valence-corrected chi connectivity index (χ0v) is 28.2. The van der Waals surface area contributed by atoms with Gasteiger partial charge in [-0.3, -0.25) is 0 Å². The summed E-state index contributed by atoms with van der Waals surface area (Å²) in [6.45, 7) is 35.7. The smallest absolute Gasteiger partial charge is 0.201 e. The number of benzene rings is 1. The summed E-state index contributed by atoms with van der Waals surface area (Å²) in [5, 5.41) is 1.64. The summed E-state index contributed by atoms with van der Waals surface area (Å²) in [6.07, 6.45) is 2.44. The van der Waals surface area contributed by atoms with E-state index in [0.29, 0.717) is 16.6 Å². The highest BCUT2D eigenvalue weighted by Crippen LogP contribution is 2.46. The third-order valence-corrected chi connectivity index (χ3v) is 20.9. The van der Waals surface area contributed by atoms with Crippen molar-refractivity contribution in [3.63, 3.8) is 0 Å². The molecule has 0 aliphatic heterocycles. The van der Waals surface area contributed by atoms with Gasteiger partial charge in [0.1, 0.15) is 0 Å². The van der Waals surface area contributed by atoms with Crippen LogP contribution in [-0.4, -0.2) is 36.9 Å². The first-order valence-electron chi connectivity index (χ1n) is 13.4. The summed E-state index contributed by atoms with van der Waals surface area (Å²) in [4.78, 5) is 0. The number of hydrogen-bond donors (Lipinski definition) is 0. The first-order chi connectivity index (χ1) is 15.3. The van der Waals surface area contributed by atoms with E-state index in [1.165, 1.54) is 10.8 Å². The molecule has 0 N–H and O–H groups in total. The molecule has 1 aromatic carbocycles. The Balaban J connectivity index is 3.77. The summed E-state index contributed by atoms with van der Waals surface area (Å²) >= 11 is 0. The zero-order chi connectivity index (χ0) is 26.7. The van der Waals surface area contributed by atoms with Crippen molar-refractivity contribution < 1.29 is 8.85 Å². The van der Waals surface area contributed by atoms with Crippen LogP contribution in [0.2, 0.25) is 54.4 Å². The van der Waals surface area contributed by atoms with E-state index in [-0.39, 0.29) is 17.2 Å². The fraction of sp³-hybridized carbons (Fsp3) is 0.724. The van der Waals surface area contributed by atoms with Crippen LogP contribution in [0.25, 0.3) is 6.08 Å². The molecule has 0 radical (unpaired) electrons. The van der Waals surface area contributed by atoms with E-state index in [1.807, 2.05) is 0 Å². The van der Waals surface area contributed by atoms with Crippen molar-refractivity contribution in [2.24, 2.45) is 0 Å². The summed E-state index contributed by atoms with van der Waals surface area (Å²) in [6, 6.07) is 10.8. The van der Waals surface area contributed by atoms with Crippen LogP contribution >= 0.6 is 0 Å². The maximum absolute atomic E-state index is 7.61. The van der Waals surface area contributed by atoms with Crippen LogP contribution in [-0.2, 0) is 8.85 Å². The minimum Gasteiger partial charge on any atom is -0.411 e. The molecule has 34 heavy (non-hydrogen) atoms. The quantitative estimate of drug-likeness (QED) is 0.270. The lowest BCUT2D eigenvalue weighted by Crippen LogP contribution is -2.56. The molecule has 0 amide bonds. The molecule has 1 aromatic rings. The number of hydrogen-bond acceptors (Lipinski definition) is 2. The second kappa shape index (κ2) is 11.7. The molecule has 0 spiro atoms. The van der Waals surface area contributed by atoms with E-state index >= 15 is 0 Å². The number of rotatable bonds is 11. The molecule has 1 rings (SSSR count). The molecule has 0 fully saturated rings. The summed E-state index contributed by atoms with van der Waals surface area (Å²) < 4.78 is 14.7. The molecule has 0 aliphatic rings. The van der Waals surface area contributed by atoms with Gasteiger partial charge in [-0.2, -0.15) is 0 Å². The van der Waals surface area contributed by atoms with Crippen molar-refractivity contribution in [1.29, 1.82) is 0 Å². The van der Waals surface area contributed by atoms with Gasteiger partial charge >= 0.3 is 0 Å². The first-order valence-corrected chi connectivity index (χ1v) is 21.9. The Kier molecular flexibility index (Phi) is 10.9. The minimum atomic E-state index is -2.12. The Morgan fingerprint density at radius 3 is 1.53 bits per heavy atom. The van der Waals surface area contributed by atoms with Gasteiger partial charge in [0.05, 0.1) is 20.3 Å². The third kappa shape index (κ3) is 7.52. The molecule has 196 valence electrons. The summed E-state index contributed by atoms with van der Waals surface area (Å²) in [5.74, 6) is 0. The Morgan fingerprint density at radius 1 is 0.735 bits per heavy atom. The van der Waals surface area contributed by atoms with Crippen molar-refractivity contribution >= 4 is 30.8 Å². The Bertz CT molecular complexity index is 762. The predicted molar refractivity (Wildman–Crippen MR) is 161 cm³/mol. The molecule has 0 saturated carbocycles. The second-order valence-electron chi connectivity index (χ2n) is 13.7. The molecule has 0 saturated heterocycles. The van der Waals surface area contributed by atoms with Crippen molar-refractivity contribution in [2.45, 2.75) is 136 Å². The van der Waals surface area contributed by atoms with Gasteiger partial charge in [0, 0.05) is 0 Å². The van der Waals surface area contributed by atoms with Gasteiger partial charge in [-0.05, 0) is 47.2 Å². The van der Waals surface area contributed by atoms with Gasteiger partial charge in [0.2, 0.25) is 8.32 Å². The molecule has 0 aliphatic carbocycles. The lowest BCUT2D eigenvalue weighted by Gasteiger charge is -2.49. The highest BCUT2D eigenvalue weighted by molar-refractivity contribution is 6.84. The molecule has 0 unspecified atom stereocenters. The Hall–Kier alpha value is -0.469. The van der Waals surface area contributed by atoms with Gasteiger partial charge < -0.3 is 8.85 Å². The highest BCUT2D eigenvalue weighted by Gasteiger charge is 2.50.